The molecule has 0 saturated heterocycles. The molecule has 15 heavy (non-hydrogen) atoms. The molecule has 0 aliphatic rings. The molecule has 0 bridgehead atoms. The van der Waals surface area contributed by atoms with Crippen molar-refractivity contribution in [1.29, 1.82) is 0 Å². The second kappa shape index (κ2) is 7.27. The molecular weight excluding hydrogens is 196 g/mol. The van der Waals surface area contributed by atoms with E-state index in [-0.39, 0.29) is 13.2 Å². The molecule has 0 N–H and O–H groups in total. The molecule has 86 valence electrons. The fourth-order valence-corrected chi connectivity index (χ4v) is 1.02. The lowest BCUT2D eigenvalue weighted by molar-refractivity contribution is -0.162. The molecule has 4 heteroatoms. The van der Waals surface area contributed by atoms with Crippen molar-refractivity contribution in [2.45, 2.75) is 26.4 Å². The first-order valence-electron chi connectivity index (χ1n) is 4.93. The van der Waals surface area contributed by atoms with E-state index in [4.69, 9.17) is 20.6 Å². The highest BCUT2D eigenvalue weighted by Gasteiger charge is 2.32. The number of hydrogen-bond acceptors (Lipinski definition) is 4. The van der Waals surface area contributed by atoms with Crippen LogP contribution in [0.4, 0.5) is 0 Å². The van der Waals surface area contributed by atoms with Crippen molar-refractivity contribution < 1.29 is 19.0 Å². The fourth-order valence-electron chi connectivity index (χ4n) is 1.02. The number of ether oxygens (including phenoxy) is 3. The van der Waals surface area contributed by atoms with E-state index in [2.05, 4.69) is 5.92 Å². The molecule has 0 atom stereocenters. The average Bonchev–Trinajstić information content (AvgIpc) is 2.22. The number of carbonyl (C=O) groups is 1. The van der Waals surface area contributed by atoms with Crippen LogP contribution < -0.4 is 0 Å². The van der Waals surface area contributed by atoms with Gasteiger partial charge in [0.2, 0.25) is 5.60 Å². The van der Waals surface area contributed by atoms with Gasteiger partial charge in [-0.15, -0.1) is 6.42 Å². The van der Waals surface area contributed by atoms with Gasteiger partial charge in [-0.1, -0.05) is 5.92 Å². The summed E-state index contributed by atoms with van der Waals surface area (Å²) in [5.41, 5.74) is -1.10. The van der Waals surface area contributed by atoms with Crippen LogP contribution in [0.25, 0.3) is 0 Å². The number of terminal acetylenes is 1. The molecule has 0 rings (SSSR count). The smallest absolute Gasteiger partial charge is 0.304 e. The minimum absolute atomic E-state index is 0.152. The highest BCUT2D eigenvalue weighted by atomic mass is 16.6. The molecule has 0 unspecified atom stereocenters. The lowest BCUT2D eigenvalue weighted by Gasteiger charge is -2.27. The van der Waals surface area contributed by atoms with E-state index in [1.54, 1.807) is 0 Å². The van der Waals surface area contributed by atoms with Gasteiger partial charge in [0, 0.05) is 20.1 Å². The van der Waals surface area contributed by atoms with Gasteiger partial charge in [0.25, 0.3) is 0 Å². The van der Waals surface area contributed by atoms with Gasteiger partial charge in [-0.05, 0) is 13.8 Å². The maximum atomic E-state index is 10.9. The zero-order valence-corrected chi connectivity index (χ0v) is 9.54. The summed E-state index contributed by atoms with van der Waals surface area (Å²) in [4.78, 5) is 10.9. The van der Waals surface area contributed by atoms with Crippen LogP contribution in [-0.4, -0.2) is 38.0 Å². The van der Waals surface area contributed by atoms with E-state index >= 15 is 0 Å². The molecule has 0 fully saturated rings. The Morgan fingerprint density at radius 3 is 2.00 bits per heavy atom. The molecule has 0 spiro atoms. The van der Waals surface area contributed by atoms with E-state index in [0.717, 1.165) is 0 Å². The largest absolute Gasteiger partial charge is 0.441 e. The highest BCUT2D eigenvalue weighted by Crippen LogP contribution is 2.12. The monoisotopic (exact) mass is 214 g/mol. The molecular formula is C11H18O4. The van der Waals surface area contributed by atoms with Gasteiger partial charge in [-0.25, -0.2) is 0 Å². The fraction of sp³-hybridized carbons (Fsp3) is 0.727. The second-order valence-corrected chi connectivity index (χ2v) is 3.01. The SMILES string of the molecule is C#CC(COCC)(COCC)OC(C)=O. The topological polar surface area (TPSA) is 44.8 Å². The van der Waals surface area contributed by atoms with Crippen molar-refractivity contribution in [3.8, 4) is 12.3 Å². The lowest BCUT2D eigenvalue weighted by Crippen LogP contribution is -2.42. The first-order valence-corrected chi connectivity index (χ1v) is 4.93. The predicted molar refractivity (Wildman–Crippen MR) is 56.3 cm³/mol. The quantitative estimate of drug-likeness (QED) is 0.468. The van der Waals surface area contributed by atoms with Gasteiger partial charge in [0.05, 0.1) is 0 Å². The Morgan fingerprint density at radius 2 is 1.73 bits per heavy atom. The normalized spacial score (nSPS) is 10.8. The van der Waals surface area contributed by atoms with E-state index < -0.39 is 11.6 Å². The van der Waals surface area contributed by atoms with Crippen LogP contribution in [0.2, 0.25) is 0 Å². The Morgan fingerprint density at radius 1 is 1.27 bits per heavy atom. The number of esters is 1. The molecule has 0 heterocycles. The molecule has 0 aromatic rings. The first kappa shape index (κ1) is 13.9. The van der Waals surface area contributed by atoms with Gasteiger partial charge in [0.15, 0.2) is 0 Å². The second-order valence-electron chi connectivity index (χ2n) is 3.01. The maximum Gasteiger partial charge on any atom is 0.304 e. The first-order chi connectivity index (χ1) is 7.10. The van der Waals surface area contributed by atoms with Gasteiger partial charge in [-0.3, -0.25) is 4.79 Å². The lowest BCUT2D eigenvalue weighted by atomic mass is 10.1. The van der Waals surface area contributed by atoms with Crippen molar-refractivity contribution in [1.82, 2.24) is 0 Å². The van der Waals surface area contributed by atoms with Crippen molar-refractivity contribution in [2.24, 2.45) is 0 Å². The van der Waals surface area contributed by atoms with E-state index in [9.17, 15) is 4.79 Å². The van der Waals surface area contributed by atoms with Crippen LogP contribution in [0, 0.1) is 12.3 Å². The minimum atomic E-state index is -1.10. The van der Waals surface area contributed by atoms with Crippen molar-refractivity contribution in [2.75, 3.05) is 26.4 Å². The maximum absolute atomic E-state index is 10.9. The van der Waals surface area contributed by atoms with Crippen LogP contribution in [0.1, 0.15) is 20.8 Å². The predicted octanol–water partition coefficient (Wildman–Crippen LogP) is 0.994. The van der Waals surface area contributed by atoms with Crippen LogP contribution in [0.5, 0.6) is 0 Å². The van der Waals surface area contributed by atoms with Crippen molar-refractivity contribution >= 4 is 5.97 Å². The van der Waals surface area contributed by atoms with Crippen molar-refractivity contribution in [3.63, 3.8) is 0 Å². The third-order valence-corrected chi connectivity index (χ3v) is 1.68. The number of hydrogen-bond donors (Lipinski definition) is 0. The molecule has 0 amide bonds. The van der Waals surface area contributed by atoms with E-state index in [0.29, 0.717) is 13.2 Å². The zero-order valence-electron chi connectivity index (χ0n) is 9.54. The van der Waals surface area contributed by atoms with Gasteiger partial charge in [0.1, 0.15) is 13.2 Å². The summed E-state index contributed by atoms with van der Waals surface area (Å²) in [6, 6.07) is 0. The average molecular weight is 214 g/mol. The molecule has 0 aliphatic heterocycles. The summed E-state index contributed by atoms with van der Waals surface area (Å²) < 4.78 is 15.4. The van der Waals surface area contributed by atoms with Gasteiger partial charge >= 0.3 is 5.97 Å². The molecule has 0 aromatic heterocycles. The van der Waals surface area contributed by atoms with Gasteiger partial charge in [-0.2, -0.15) is 0 Å². The number of rotatable bonds is 7. The summed E-state index contributed by atoms with van der Waals surface area (Å²) in [5.74, 6) is 1.99. The Kier molecular flexibility index (Phi) is 6.76. The Bertz CT molecular complexity index is 221. The van der Waals surface area contributed by atoms with Crippen LogP contribution >= 0.6 is 0 Å². The van der Waals surface area contributed by atoms with Gasteiger partial charge < -0.3 is 14.2 Å². The molecule has 0 saturated carbocycles. The van der Waals surface area contributed by atoms with E-state index in [1.807, 2.05) is 13.8 Å². The number of carbonyl (C=O) groups excluding carboxylic acids is 1. The minimum Gasteiger partial charge on any atom is -0.441 e. The Balaban J connectivity index is 4.46. The zero-order chi connectivity index (χ0) is 11.7. The third kappa shape index (κ3) is 5.40. The molecule has 4 nitrogen and oxygen atoms in total. The summed E-state index contributed by atoms with van der Waals surface area (Å²) in [6.45, 7) is 6.32. The Hall–Kier alpha value is -1.05. The standard InChI is InChI=1S/C11H18O4/c1-5-11(8-13-6-2,9-14-7-3)15-10(4)12/h1H,6-9H2,2-4H3. The van der Waals surface area contributed by atoms with E-state index in [1.165, 1.54) is 6.92 Å². The van der Waals surface area contributed by atoms with Crippen LogP contribution in [-0.2, 0) is 19.0 Å². The molecule has 0 radical (unpaired) electrons. The van der Waals surface area contributed by atoms with Crippen LogP contribution in [0.15, 0.2) is 0 Å². The Labute approximate surface area is 90.9 Å². The van der Waals surface area contributed by atoms with Crippen molar-refractivity contribution in [3.05, 3.63) is 0 Å². The third-order valence-electron chi connectivity index (χ3n) is 1.68. The summed E-state index contributed by atoms with van der Waals surface area (Å²) in [7, 11) is 0. The summed E-state index contributed by atoms with van der Waals surface area (Å²) >= 11 is 0. The summed E-state index contributed by atoms with van der Waals surface area (Å²) in [6.07, 6.45) is 5.35. The molecule has 0 aliphatic carbocycles. The molecule has 0 aromatic carbocycles. The summed E-state index contributed by atoms with van der Waals surface area (Å²) in [5, 5.41) is 0. The highest BCUT2D eigenvalue weighted by molar-refractivity contribution is 5.67. The van der Waals surface area contributed by atoms with Crippen LogP contribution in [0.3, 0.4) is 0 Å².